The molecule has 140 valence electrons. The number of nitrogen functional groups attached to an aromatic ring is 1. The van der Waals surface area contributed by atoms with Gasteiger partial charge in [-0.05, 0) is 25.0 Å². The Morgan fingerprint density at radius 1 is 1.19 bits per heavy atom. The molecule has 9 nitrogen and oxygen atoms in total. The van der Waals surface area contributed by atoms with E-state index in [2.05, 4.69) is 30.0 Å². The highest BCUT2D eigenvalue weighted by Crippen LogP contribution is 2.33. The predicted molar refractivity (Wildman–Crippen MR) is 97.7 cm³/mol. The molecule has 0 spiro atoms. The molecular weight excluding hydrogens is 351 g/mol. The number of halogens is 1. The predicted octanol–water partition coefficient (Wildman–Crippen LogP) is 1.07. The summed E-state index contributed by atoms with van der Waals surface area (Å²) in [5.74, 6) is 1.64. The molecule has 0 radical (unpaired) electrons. The molecule has 4 heterocycles. The first kappa shape index (κ1) is 17.1. The van der Waals surface area contributed by atoms with E-state index in [9.17, 15) is 9.18 Å². The first-order valence-electron chi connectivity index (χ1n) is 8.64. The molecule has 0 unspecified atom stereocenters. The third-order valence-corrected chi connectivity index (χ3v) is 4.95. The minimum absolute atomic E-state index is 0.251. The Bertz CT molecular complexity index is 1000. The second-order valence-electron chi connectivity index (χ2n) is 6.56. The minimum atomic E-state index is -0.554. The maximum Gasteiger partial charge on any atom is 0.346 e. The van der Waals surface area contributed by atoms with Crippen molar-refractivity contribution in [2.24, 2.45) is 7.05 Å². The highest BCUT2D eigenvalue weighted by atomic mass is 19.1. The third-order valence-electron chi connectivity index (χ3n) is 4.95. The highest BCUT2D eigenvalue weighted by molar-refractivity contribution is 5.74. The van der Waals surface area contributed by atoms with Crippen molar-refractivity contribution in [3.05, 3.63) is 46.8 Å². The van der Waals surface area contributed by atoms with Crippen molar-refractivity contribution in [1.82, 2.24) is 29.7 Å². The van der Waals surface area contributed by atoms with Crippen molar-refractivity contribution < 1.29 is 4.39 Å². The van der Waals surface area contributed by atoms with Gasteiger partial charge in [0, 0.05) is 49.6 Å². The van der Waals surface area contributed by atoms with Gasteiger partial charge < -0.3 is 15.2 Å². The summed E-state index contributed by atoms with van der Waals surface area (Å²) >= 11 is 0. The Hall–Kier alpha value is -3.30. The largest absolute Gasteiger partial charge is 0.368 e. The number of anilines is 2. The number of hydrogen-bond acceptors (Lipinski definition) is 7. The van der Waals surface area contributed by atoms with E-state index < -0.39 is 11.6 Å². The van der Waals surface area contributed by atoms with Gasteiger partial charge in [0.2, 0.25) is 11.9 Å². The van der Waals surface area contributed by atoms with Gasteiger partial charge in [0.05, 0.1) is 0 Å². The number of nitrogens with one attached hydrogen (secondary N) is 1. The summed E-state index contributed by atoms with van der Waals surface area (Å²) in [6, 6.07) is 2.91. The number of hydrogen-bond donors (Lipinski definition) is 2. The molecular formula is C17H19FN8O. The summed E-state index contributed by atoms with van der Waals surface area (Å²) in [7, 11) is 1.86. The van der Waals surface area contributed by atoms with Gasteiger partial charge >= 0.3 is 5.69 Å². The van der Waals surface area contributed by atoms with Gasteiger partial charge in [0.1, 0.15) is 11.6 Å². The van der Waals surface area contributed by atoms with E-state index in [1.807, 2.05) is 11.6 Å². The summed E-state index contributed by atoms with van der Waals surface area (Å²) in [5.41, 5.74) is 6.76. The SMILES string of the molecule is Cn1c(N)nnc1C1CCN(c2[nH]c(=O)ncc2-c2ccc(F)nc2)CC1. The van der Waals surface area contributed by atoms with Crippen LogP contribution in [0.4, 0.5) is 16.2 Å². The molecule has 0 amide bonds. The Balaban J connectivity index is 1.59. The Morgan fingerprint density at radius 3 is 2.59 bits per heavy atom. The molecule has 4 rings (SSSR count). The van der Waals surface area contributed by atoms with Crippen LogP contribution in [0.5, 0.6) is 0 Å². The number of aromatic amines is 1. The number of nitrogens with two attached hydrogens (primary N) is 1. The lowest BCUT2D eigenvalue weighted by Crippen LogP contribution is -2.35. The van der Waals surface area contributed by atoms with Crippen LogP contribution in [-0.4, -0.2) is 42.8 Å². The molecule has 0 aromatic carbocycles. The molecule has 1 aliphatic rings. The average Bonchev–Trinajstić information content (AvgIpc) is 3.01. The number of piperidine rings is 1. The normalized spacial score (nSPS) is 15.3. The van der Waals surface area contributed by atoms with Crippen molar-refractivity contribution in [3.63, 3.8) is 0 Å². The zero-order chi connectivity index (χ0) is 19.0. The number of H-pyrrole nitrogens is 1. The molecule has 27 heavy (non-hydrogen) atoms. The average molecular weight is 370 g/mol. The van der Waals surface area contributed by atoms with Crippen molar-refractivity contribution in [2.45, 2.75) is 18.8 Å². The van der Waals surface area contributed by atoms with Gasteiger partial charge in [0.15, 0.2) is 0 Å². The summed E-state index contributed by atoms with van der Waals surface area (Å²) in [5, 5.41) is 8.11. The summed E-state index contributed by atoms with van der Waals surface area (Å²) in [6.07, 6.45) is 4.62. The van der Waals surface area contributed by atoms with Crippen LogP contribution in [0.1, 0.15) is 24.6 Å². The molecule has 0 atom stereocenters. The maximum atomic E-state index is 13.1. The van der Waals surface area contributed by atoms with Gasteiger partial charge in [-0.3, -0.25) is 4.98 Å². The third kappa shape index (κ3) is 3.25. The van der Waals surface area contributed by atoms with Crippen LogP contribution in [0.3, 0.4) is 0 Å². The van der Waals surface area contributed by atoms with E-state index in [1.165, 1.54) is 18.5 Å². The standard InChI is InChI=1S/C17H19FN8O/c1-25-14(23-24-16(25)19)10-4-6-26(7-5-10)15-12(9-21-17(27)22-15)11-2-3-13(18)20-8-11/h2-3,8-10H,4-7H2,1H3,(H2,19,24)(H,21,22,27). The molecule has 1 fully saturated rings. The lowest BCUT2D eigenvalue weighted by atomic mass is 9.95. The first-order chi connectivity index (χ1) is 13.0. The fraction of sp³-hybridized carbons (Fsp3) is 0.353. The van der Waals surface area contributed by atoms with Gasteiger partial charge in [-0.1, -0.05) is 0 Å². The number of pyridine rings is 1. The van der Waals surface area contributed by atoms with Gasteiger partial charge in [-0.2, -0.15) is 4.39 Å². The molecule has 0 aliphatic carbocycles. The van der Waals surface area contributed by atoms with E-state index in [1.54, 1.807) is 6.07 Å². The number of rotatable bonds is 3. The molecule has 10 heteroatoms. The number of aromatic nitrogens is 6. The highest BCUT2D eigenvalue weighted by Gasteiger charge is 2.26. The van der Waals surface area contributed by atoms with Crippen molar-refractivity contribution >= 4 is 11.8 Å². The van der Waals surface area contributed by atoms with Crippen LogP contribution in [0.15, 0.2) is 29.3 Å². The molecule has 0 saturated carbocycles. The van der Waals surface area contributed by atoms with Crippen LogP contribution >= 0.6 is 0 Å². The minimum Gasteiger partial charge on any atom is -0.368 e. The van der Waals surface area contributed by atoms with Gasteiger partial charge in [0.25, 0.3) is 0 Å². The Kier molecular flexibility index (Phi) is 4.30. The fourth-order valence-electron chi connectivity index (χ4n) is 3.45. The van der Waals surface area contributed by atoms with E-state index in [0.29, 0.717) is 22.9 Å². The summed E-state index contributed by atoms with van der Waals surface area (Å²) in [6.45, 7) is 1.44. The number of nitrogens with zero attached hydrogens (tertiary/aromatic N) is 6. The molecule has 3 N–H and O–H groups in total. The van der Waals surface area contributed by atoms with Crippen LogP contribution in [0.2, 0.25) is 0 Å². The second kappa shape index (κ2) is 6.78. The molecule has 3 aromatic rings. The molecule has 1 saturated heterocycles. The Labute approximate surface area is 154 Å². The molecule has 0 bridgehead atoms. The molecule has 3 aromatic heterocycles. The van der Waals surface area contributed by atoms with Gasteiger partial charge in [-0.15, -0.1) is 10.2 Å². The van der Waals surface area contributed by atoms with Crippen LogP contribution < -0.4 is 16.3 Å². The van der Waals surface area contributed by atoms with Crippen LogP contribution in [0.25, 0.3) is 11.1 Å². The van der Waals surface area contributed by atoms with Crippen molar-refractivity contribution in [1.29, 1.82) is 0 Å². The van der Waals surface area contributed by atoms with Crippen molar-refractivity contribution in [2.75, 3.05) is 23.7 Å². The zero-order valence-corrected chi connectivity index (χ0v) is 14.8. The smallest absolute Gasteiger partial charge is 0.346 e. The topological polar surface area (TPSA) is 119 Å². The monoisotopic (exact) mass is 370 g/mol. The van der Waals surface area contributed by atoms with Crippen LogP contribution in [-0.2, 0) is 7.05 Å². The quantitative estimate of drug-likeness (QED) is 0.662. The lowest BCUT2D eigenvalue weighted by molar-refractivity contribution is 0.472. The zero-order valence-electron chi connectivity index (χ0n) is 14.8. The maximum absolute atomic E-state index is 13.1. The summed E-state index contributed by atoms with van der Waals surface area (Å²) in [4.78, 5) is 24.2. The van der Waals surface area contributed by atoms with Gasteiger partial charge in [-0.25, -0.2) is 14.8 Å². The molecule has 1 aliphatic heterocycles. The van der Waals surface area contributed by atoms with E-state index in [4.69, 9.17) is 5.73 Å². The second-order valence-corrected chi connectivity index (χ2v) is 6.56. The first-order valence-corrected chi connectivity index (χ1v) is 8.64. The fourth-order valence-corrected chi connectivity index (χ4v) is 3.45. The Morgan fingerprint density at radius 2 is 1.96 bits per heavy atom. The van der Waals surface area contributed by atoms with E-state index in [0.717, 1.165) is 31.8 Å². The van der Waals surface area contributed by atoms with E-state index >= 15 is 0 Å². The van der Waals surface area contributed by atoms with E-state index in [-0.39, 0.29) is 5.92 Å². The lowest BCUT2D eigenvalue weighted by Gasteiger charge is -2.33. The van der Waals surface area contributed by atoms with Crippen LogP contribution in [0, 0.1) is 5.95 Å². The summed E-state index contributed by atoms with van der Waals surface area (Å²) < 4.78 is 15.0. The van der Waals surface area contributed by atoms with Crippen molar-refractivity contribution in [3.8, 4) is 11.1 Å².